The van der Waals surface area contributed by atoms with Crippen molar-refractivity contribution in [2.75, 3.05) is 13.1 Å². The average molecular weight is 345 g/mol. The fourth-order valence-corrected chi connectivity index (χ4v) is 2.42. The van der Waals surface area contributed by atoms with Crippen molar-refractivity contribution in [3.05, 3.63) is 33.8 Å². The highest BCUT2D eigenvalue weighted by molar-refractivity contribution is 6.35. The highest BCUT2D eigenvalue weighted by Crippen LogP contribution is 2.21. The molecule has 0 saturated heterocycles. The molecule has 22 heavy (non-hydrogen) atoms. The van der Waals surface area contributed by atoms with Gasteiger partial charge in [0.05, 0.1) is 13.0 Å². The first-order valence-electron chi connectivity index (χ1n) is 7.15. The fourth-order valence-electron chi connectivity index (χ4n) is 1.95. The summed E-state index contributed by atoms with van der Waals surface area (Å²) in [5.74, 6) is -0.319. The van der Waals surface area contributed by atoms with Crippen molar-refractivity contribution < 1.29 is 9.59 Å². The smallest absolute Gasteiger partial charge is 0.240 e. The van der Waals surface area contributed by atoms with Crippen molar-refractivity contribution in [2.45, 2.75) is 39.7 Å². The first-order valence-corrected chi connectivity index (χ1v) is 7.90. The van der Waals surface area contributed by atoms with Gasteiger partial charge >= 0.3 is 0 Å². The van der Waals surface area contributed by atoms with Crippen molar-refractivity contribution in [1.82, 2.24) is 10.2 Å². The summed E-state index contributed by atoms with van der Waals surface area (Å²) < 4.78 is 0. The Hall–Kier alpha value is -1.26. The molecule has 0 saturated carbocycles. The minimum absolute atomic E-state index is 0.0395. The summed E-state index contributed by atoms with van der Waals surface area (Å²) in [6.07, 6.45) is 0.145. The van der Waals surface area contributed by atoms with Crippen molar-refractivity contribution in [1.29, 1.82) is 0 Å². The zero-order chi connectivity index (χ0) is 16.9. The number of halogens is 2. The zero-order valence-electron chi connectivity index (χ0n) is 13.4. The third kappa shape index (κ3) is 6.24. The number of nitrogens with one attached hydrogen (secondary N) is 1. The minimum Gasteiger partial charge on any atom is -0.350 e. The lowest BCUT2D eigenvalue weighted by molar-refractivity contribution is -0.135. The van der Waals surface area contributed by atoms with Crippen LogP contribution in [0.3, 0.4) is 0 Å². The van der Waals surface area contributed by atoms with Gasteiger partial charge in [-0.2, -0.15) is 0 Å². The minimum atomic E-state index is -0.320. The van der Waals surface area contributed by atoms with Crippen LogP contribution in [0.15, 0.2) is 18.2 Å². The van der Waals surface area contributed by atoms with Gasteiger partial charge in [-0.05, 0) is 45.4 Å². The van der Waals surface area contributed by atoms with Crippen LogP contribution in [0.1, 0.15) is 33.3 Å². The van der Waals surface area contributed by atoms with Gasteiger partial charge in [-0.3, -0.25) is 9.59 Å². The number of rotatable bonds is 5. The molecule has 1 N–H and O–H groups in total. The Morgan fingerprint density at radius 3 is 2.36 bits per heavy atom. The molecule has 4 nitrogen and oxygen atoms in total. The number of likely N-dealkylation sites (N-methyl/N-ethyl adjacent to an activating group) is 1. The predicted octanol–water partition coefficient (Wildman–Crippen LogP) is 3.30. The van der Waals surface area contributed by atoms with Crippen LogP contribution >= 0.6 is 23.2 Å². The number of nitrogens with zero attached hydrogens (tertiary/aromatic N) is 1. The number of carbonyl (C=O) groups excluding carboxylic acids is 2. The van der Waals surface area contributed by atoms with Crippen LogP contribution in [-0.2, 0) is 16.0 Å². The van der Waals surface area contributed by atoms with Crippen LogP contribution in [0.4, 0.5) is 0 Å². The van der Waals surface area contributed by atoms with Gasteiger partial charge in [0.15, 0.2) is 0 Å². The van der Waals surface area contributed by atoms with Gasteiger partial charge in [0.25, 0.3) is 0 Å². The van der Waals surface area contributed by atoms with E-state index in [-0.39, 0.29) is 30.3 Å². The second-order valence-electron chi connectivity index (χ2n) is 6.12. The van der Waals surface area contributed by atoms with Gasteiger partial charge < -0.3 is 10.2 Å². The lowest BCUT2D eigenvalue weighted by atomic mass is 10.1. The molecule has 1 aromatic carbocycles. The highest BCUT2D eigenvalue weighted by atomic mass is 35.5. The Kier molecular flexibility index (Phi) is 6.69. The Bertz CT molecular complexity index is 554. The molecule has 0 bridgehead atoms. The van der Waals surface area contributed by atoms with Gasteiger partial charge in [-0.1, -0.05) is 29.3 Å². The van der Waals surface area contributed by atoms with Gasteiger partial charge in [0.2, 0.25) is 11.8 Å². The van der Waals surface area contributed by atoms with Crippen LogP contribution in [0.2, 0.25) is 10.0 Å². The monoisotopic (exact) mass is 344 g/mol. The van der Waals surface area contributed by atoms with E-state index in [0.29, 0.717) is 22.2 Å². The summed E-state index contributed by atoms with van der Waals surface area (Å²) >= 11 is 11.9. The summed E-state index contributed by atoms with van der Waals surface area (Å²) in [6, 6.07) is 5.03. The van der Waals surface area contributed by atoms with Crippen molar-refractivity contribution >= 4 is 35.0 Å². The number of benzene rings is 1. The molecule has 1 aromatic rings. The van der Waals surface area contributed by atoms with Crippen molar-refractivity contribution in [2.24, 2.45) is 0 Å². The fraction of sp³-hybridized carbons (Fsp3) is 0.500. The molecular formula is C16H22Cl2N2O2. The van der Waals surface area contributed by atoms with E-state index in [9.17, 15) is 9.59 Å². The lowest BCUT2D eigenvalue weighted by Crippen LogP contribution is -2.47. The van der Waals surface area contributed by atoms with Gasteiger partial charge in [0.1, 0.15) is 0 Å². The van der Waals surface area contributed by atoms with E-state index in [4.69, 9.17) is 23.2 Å². The number of carbonyl (C=O) groups is 2. The van der Waals surface area contributed by atoms with E-state index in [1.165, 1.54) is 4.90 Å². The Morgan fingerprint density at radius 1 is 1.23 bits per heavy atom. The van der Waals surface area contributed by atoms with Gasteiger partial charge in [0, 0.05) is 22.1 Å². The zero-order valence-corrected chi connectivity index (χ0v) is 14.9. The second-order valence-corrected chi connectivity index (χ2v) is 6.96. The topological polar surface area (TPSA) is 49.4 Å². The largest absolute Gasteiger partial charge is 0.350 e. The van der Waals surface area contributed by atoms with E-state index in [1.807, 2.05) is 27.7 Å². The molecule has 122 valence electrons. The van der Waals surface area contributed by atoms with Gasteiger partial charge in [-0.15, -0.1) is 0 Å². The lowest BCUT2D eigenvalue weighted by Gasteiger charge is -2.25. The summed E-state index contributed by atoms with van der Waals surface area (Å²) in [7, 11) is 0. The highest BCUT2D eigenvalue weighted by Gasteiger charge is 2.20. The molecule has 0 radical (unpaired) electrons. The SMILES string of the molecule is CCN(CC(=O)NC(C)(C)C)C(=O)Cc1ccc(Cl)cc1Cl. The van der Waals surface area contributed by atoms with E-state index < -0.39 is 0 Å². The summed E-state index contributed by atoms with van der Waals surface area (Å²) in [4.78, 5) is 25.8. The molecule has 0 unspecified atom stereocenters. The Morgan fingerprint density at radius 2 is 1.86 bits per heavy atom. The van der Waals surface area contributed by atoms with Crippen molar-refractivity contribution in [3.8, 4) is 0 Å². The Balaban J connectivity index is 2.70. The maximum Gasteiger partial charge on any atom is 0.240 e. The van der Waals surface area contributed by atoms with Crippen LogP contribution < -0.4 is 5.32 Å². The molecule has 0 aliphatic carbocycles. The molecular weight excluding hydrogens is 323 g/mol. The standard InChI is InChI=1S/C16H22Cl2N2O2/c1-5-20(10-14(21)19-16(2,3)4)15(22)8-11-6-7-12(17)9-13(11)18/h6-7,9H,5,8,10H2,1-4H3,(H,19,21). The van der Waals surface area contributed by atoms with Crippen LogP contribution in [0.5, 0.6) is 0 Å². The maximum atomic E-state index is 12.3. The van der Waals surface area contributed by atoms with Crippen LogP contribution in [0.25, 0.3) is 0 Å². The second kappa shape index (κ2) is 7.84. The van der Waals surface area contributed by atoms with Crippen LogP contribution in [-0.4, -0.2) is 35.3 Å². The first kappa shape index (κ1) is 18.8. The molecule has 0 fully saturated rings. The van der Waals surface area contributed by atoms with Crippen molar-refractivity contribution in [3.63, 3.8) is 0 Å². The Labute approximate surface area is 141 Å². The molecule has 1 rings (SSSR count). The number of hydrogen-bond acceptors (Lipinski definition) is 2. The van der Waals surface area contributed by atoms with Gasteiger partial charge in [-0.25, -0.2) is 0 Å². The molecule has 0 aliphatic rings. The summed E-state index contributed by atoms with van der Waals surface area (Å²) in [5, 5.41) is 3.83. The molecule has 0 aliphatic heterocycles. The number of amides is 2. The van der Waals surface area contributed by atoms with E-state index in [2.05, 4.69) is 5.32 Å². The quantitative estimate of drug-likeness (QED) is 0.890. The molecule has 2 amide bonds. The summed E-state index contributed by atoms with van der Waals surface area (Å²) in [6.45, 7) is 8.04. The third-order valence-electron chi connectivity index (χ3n) is 2.94. The summed E-state index contributed by atoms with van der Waals surface area (Å²) in [5.41, 5.74) is 0.379. The molecule has 6 heteroatoms. The van der Waals surface area contributed by atoms with E-state index in [1.54, 1.807) is 18.2 Å². The molecule has 0 spiro atoms. The van der Waals surface area contributed by atoms with E-state index >= 15 is 0 Å². The normalized spacial score (nSPS) is 11.2. The third-order valence-corrected chi connectivity index (χ3v) is 3.53. The number of hydrogen-bond donors (Lipinski definition) is 1. The molecule has 0 heterocycles. The maximum absolute atomic E-state index is 12.3. The van der Waals surface area contributed by atoms with E-state index in [0.717, 1.165) is 0 Å². The predicted molar refractivity (Wildman–Crippen MR) is 90.3 cm³/mol. The molecule has 0 atom stereocenters. The van der Waals surface area contributed by atoms with Crippen LogP contribution in [0, 0.1) is 0 Å². The molecule has 0 aromatic heterocycles. The average Bonchev–Trinajstić information content (AvgIpc) is 2.37. The first-order chi connectivity index (χ1) is 10.1.